The largest absolute Gasteiger partial charge is 0.489 e. The lowest BCUT2D eigenvalue weighted by atomic mass is 10.2. The second-order valence-electron chi connectivity index (χ2n) is 4.77. The highest BCUT2D eigenvalue weighted by molar-refractivity contribution is 9.11. The molecule has 0 aliphatic rings. The first-order chi connectivity index (χ1) is 11.2. The molecule has 0 saturated carbocycles. The molecule has 3 rings (SSSR count). The normalized spacial score (nSPS) is 10.5. The van der Waals surface area contributed by atoms with Gasteiger partial charge in [-0.15, -0.1) is 11.3 Å². The molecule has 0 aliphatic heterocycles. The summed E-state index contributed by atoms with van der Waals surface area (Å²) in [4.78, 5) is 13.3. The van der Waals surface area contributed by atoms with Crippen LogP contribution in [-0.4, -0.2) is 5.91 Å². The molecule has 1 amide bonds. The van der Waals surface area contributed by atoms with E-state index in [0.29, 0.717) is 6.54 Å². The summed E-state index contributed by atoms with van der Waals surface area (Å²) in [5.41, 5.74) is 0.721. The van der Waals surface area contributed by atoms with Crippen molar-refractivity contribution in [2.24, 2.45) is 0 Å². The van der Waals surface area contributed by atoms with Gasteiger partial charge < -0.3 is 14.5 Å². The van der Waals surface area contributed by atoms with Gasteiger partial charge in [-0.25, -0.2) is 0 Å². The molecule has 0 radical (unpaired) electrons. The Morgan fingerprint density at radius 2 is 2.00 bits per heavy atom. The van der Waals surface area contributed by atoms with E-state index in [4.69, 9.17) is 9.15 Å². The Bertz CT molecular complexity index is 782. The maximum absolute atomic E-state index is 12.3. The summed E-state index contributed by atoms with van der Waals surface area (Å²) in [6.07, 6.45) is 1.50. The molecule has 118 valence electrons. The van der Waals surface area contributed by atoms with Crippen molar-refractivity contribution < 1.29 is 13.9 Å². The predicted octanol–water partition coefficient (Wildman–Crippen LogP) is 4.61. The number of benzene rings is 1. The molecule has 2 heterocycles. The van der Waals surface area contributed by atoms with Gasteiger partial charge in [0.25, 0.3) is 5.91 Å². The third-order valence-corrected chi connectivity index (χ3v) is 4.77. The second-order valence-corrected chi connectivity index (χ2v) is 7.31. The van der Waals surface area contributed by atoms with Crippen molar-refractivity contribution in [3.05, 3.63) is 74.8 Å². The molecule has 3 aromatic rings. The van der Waals surface area contributed by atoms with Gasteiger partial charge in [0, 0.05) is 10.4 Å². The molecule has 2 aromatic heterocycles. The number of nitrogens with one attached hydrogen (secondary N) is 1. The van der Waals surface area contributed by atoms with E-state index in [-0.39, 0.29) is 18.3 Å². The van der Waals surface area contributed by atoms with Crippen LogP contribution < -0.4 is 10.1 Å². The maximum Gasteiger partial charge on any atom is 0.287 e. The van der Waals surface area contributed by atoms with Crippen LogP contribution in [0.1, 0.15) is 21.0 Å². The lowest BCUT2D eigenvalue weighted by molar-refractivity contribution is 0.0920. The number of ether oxygens (including phenoxy) is 1. The fourth-order valence-electron chi connectivity index (χ4n) is 2.02. The number of carbonyl (C=O) groups is 1. The first-order valence-electron chi connectivity index (χ1n) is 6.99. The van der Waals surface area contributed by atoms with Crippen molar-refractivity contribution in [3.8, 4) is 5.75 Å². The zero-order chi connectivity index (χ0) is 16.1. The molecule has 0 spiro atoms. The molecule has 0 saturated heterocycles. The van der Waals surface area contributed by atoms with E-state index in [9.17, 15) is 4.79 Å². The summed E-state index contributed by atoms with van der Waals surface area (Å²) in [5.74, 6) is 0.797. The van der Waals surface area contributed by atoms with E-state index in [1.54, 1.807) is 17.4 Å². The minimum absolute atomic E-state index is 0.244. The van der Waals surface area contributed by atoms with E-state index in [2.05, 4.69) is 21.2 Å². The van der Waals surface area contributed by atoms with Crippen molar-refractivity contribution in [3.63, 3.8) is 0 Å². The van der Waals surface area contributed by atoms with Gasteiger partial charge in [-0.05, 0) is 46.3 Å². The first-order valence-corrected chi connectivity index (χ1v) is 8.60. The van der Waals surface area contributed by atoms with Crippen molar-refractivity contribution in [1.29, 1.82) is 0 Å². The van der Waals surface area contributed by atoms with Crippen molar-refractivity contribution in [2.45, 2.75) is 13.2 Å². The summed E-state index contributed by atoms with van der Waals surface area (Å²) in [5, 5.41) is 2.85. The van der Waals surface area contributed by atoms with Gasteiger partial charge in [0.15, 0.2) is 5.76 Å². The number of amides is 1. The zero-order valence-electron chi connectivity index (χ0n) is 12.1. The van der Waals surface area contributed by atoms with Crippen molar-refractivity contribution in [2.75, 3.05) is 0 Å². The minimum Gasteiger partial charge on any atom is -0.489 e. The average molecular weight is 392 g/mol. The predicted molar refractivity (Wildman–Crippen MR) is 92.7 cm³/mol. The lowest BCUT2D eigenvalue weighted by Crippen LogP contribution is -2.23. The molecule has 0 fully saturated rings. The van der Waals surface area contributed by atoms with Gasteiger partial charge in [-0.1, -0.05) is 18.2 Å². The van der Waals surface area contributed by atoms with Gasteiger partial charge in [-0.3, -0.25) is 4.79 Å². The summed E-state index contributed by atoms with van der Waals surface area (Å²) in [6, 6.07) is 15.1. The molecule has 0 bridgehead atoms. The van der Waals surface area contributed by atoms with Gasteiger partial charge >= 0.3 is 0 Å². The van der Waals surface area contributed by atoms with E-state index < -0.39 is 0 Å². The smallest absolute Gasteiger partial charge is 0.287 e. The molecule has 4 nitrogen and oxygen atoms in total. The molecule has 0 unspecified atom stereocenters. The number of para-hydroxylation sites is 1. The number of carbonyl (C=O) groups excluding carboxylic acids is 1. The Hall–Kier alpha value is -2.05. The van der Waals surface area contributed by atoms with Crippen LogP contribution in [-0.2, 0) is 13.2 Å². The number of rotatable bonds is 6. The minimum atomic E-state index is -0.244. The van der Waals surface area contributed by atoms with Crippen LogP contribution >= 0.6 is 27.3 Å². The Morgan fingerprint density at radius 3 is 2.74 bits per heavy atom. The van der Waals surface area contributed by atoms with E-state index in [1.165, 1.54) is 6.26 Å². The topological polar surface area (TPSA) is 51.5 Å². The number of hydrogen-bond acceptors (Lipinski definition) is 4. The van der Waals surface area contributed by atoms with E-state index >= 15 is 0 Å². The van der Waals surface area contributed by atoms with Gasteiger partial charge in [0.1, 0.15) is 12.4 Å². The van der Waals surface area contributed by atoms with Gasteiger partial charge in [-0.2, -0.15) is 0 Å². The Morgan fingerprint density at radius 1 is 1.17 bits per heavy atom. The number of furan rings is 1. The van der Waals surface area contributed by atoms with Crippen LogP contribution in [0.25, 0.3) is 0 Å². The molecule has 6 heteroatoms. The zero-order valence-corrected chi connectivity index (χ0v) is 14.5. The molecule has 1 N–H and O–H groups in total. The van der Waals surface area contributed by atoms with Crippen LogP contribution in [0, 0.1) is 0 Å². The fourth-order valence-corrected chi connectivity index (χ4v) is 3.44. The SMILES string of the molecule is O=C(NCc1ccc(Br)s1)c1occc1COc1ccccc1. The molecular weight excluding hydrogens is 378 g/mol. The van der Waals surface area contributed by atoms with E-state index in [1.807, 2.05) is 42.5 Å². The van der Waals surface area contributed by atoms with Gasteiger partial charge in [0.05, 0.1) is 16.6 Å². The monoisotopic (exact) mass is 391 g/mol. The summed E-state index contributed by atoms with van der Waals surface area (Å²) < 4.78 is 12.0. The molecular formula is C17H14BrNO3S. The van der Waals surface area contributed by atoms with Crippen LogP contribution in [0.2, 0.25) is 0 Å². The van der Waals surface area contributed by atoms with Crippen LogP contribution in [0.3, 0.4) is 0 Å². The highest BCUT2D eigenvalue weighted by Gasteiger charge is 2.16. The number of thiophene rings is 1. The quantitative estimate of drug-likeness (QED) is 0.667. The maximum atomic E-state index is 12.3. The lowest BCUT2D eigenvalue weighted by Gasteiger charge is -2.06. The van der Waals surface area contributed by atoms with Gasteiger partial charge in [0.2, 0.25) is 0 Å². The summed E-state index contributed by atoms with van der Waals surface area (Å²) in [6.45, 7) is 0.753. The van der Waals surface area contributed by atoms with Crippen molar-refractivity contribution >= 4 is 33.2 Å². The third-order valence-electron chi connectivity index (χ3n) is 3.14. The molecule has 0 atom stereocenters. The van der Waals surface area contributed by atoms with Crippen molar-refractivity contribution in [1.82, 2.24) is 5.32 Å². The summed E-state index contributed by atoms with van der Waals surface area (Å²) in [7, 11) is 0. The van der Waals surface area contributed by atoms with Crippen LogP contribution in [0.5, 0.6) is 5.75 Å². The average Bonchev–Trinajstić information content (AvgIpc) is 3.20. The van der Waals surface area contributed by atoms with Crippen LogP contribution in [0.4, 0.5) is 0 Å². The summed E-state index contributed by atoms with van der Waals surface area (Å²) >= 11 is 4.99. The fraction of sp³-hybridized carbons (Fsp3) is 0.118. The Kier molecular flexibility index (Phi) is 5.15. The standard InChI is InChI=1S/C17H14BrNO3S/c18-15-7-6-14(23-15)10-19-17(20)16-12(8-9-21-16)11-22-13-4-2-1-3-5-13/h1-9H,10-11H2,(H,19,20). The third kappa shape index (κ3) is 4.24. The number of halogens is 1. The highest BCUT2D eigenvalue weighted by Crippen LogP contribution is 2.22. The molecule has 23 heavy (non-hydrogen) atoms. The Labute approximate surface area is 146 Å². The molecule has 0 aliphatic carbocycles. The van der Waals surface area contributed by atoms with Crippen LogP contribution in [0.15, 0.2) is 63.0 Å². The van der Waals surface area contributed by atoms with E-state index in [0.717, 1.165) is 20.0 Å². The Balaban J connectivity index is 1.59. The first kappa shape index (κ1) is 15.8. The number of hydrogen-bond donors (Lipinski definition) is 1. The molecule has 1 aromatic carbocycles. The highest BCUT2D eigenvalue weighted by atomic mass is 79.9. The second kappa shape index (κ2) is 7.48.